The van der Waals surface area contributed by atoms with Crippen LogP contribution in [0.1, 0.15) is 55.9 Å². The molecule has 168 valence electrons. The van der Waals surface area contributed by atoms with Gasteiger partial charge in [0.15, 0.2) is 6.61 Å². The van der Waals surface area contributed by atoms with Crippen LogP contribution in [0.5, 0.6) is 5.75 Å². The summed E-state index contributed by atoms with van der Waals surface area (Å²) in [5.41, 5.74) is 4.28. The molecule has 0 bridgehead atoms. The number of carbonyl (C=O) groups is 2. The highest BCUT2D eigenvalue weighted by Crippen LogP contribution is 2.19. The maximum Gasteiger partial charge on any atom is 0.261 e. The second kappa shape index (κ2) is 11.5. The van der Waals surface area contributed by atoms with Crippen LogP contribution in [0.25, 0.3) is 0 Å². The number of benzene rings is 2. The molecule has 0 aliphatic carbocycles. The average molecular weight is 425 g/mol. The molecule has 5 heteroatoms. The normalized spacial score (nSPS) is 12.7. The first-order chi connectivity index (χ1) is 14.7. The van der Waals surface area contributed by atoms with Crippen LogP contribution in [0.3, 0.4) is 0 Å². The van der Waals surface area contributed by atoms with Gasteiger partial charge in [0.1, 0.15) is 11.8 Å². The number of hydrogen-bond acceptors (Lipinski definition) is 3. The first-order valence-corrected chi connectivity index (χ1v) is 11.1. The van der Waals surface area contributed by atoms with Crippen LogP contribution in [0.4, 0.5) is 0 Å². The summed E-state index contributed by atoms with van der Waals surface area (Å²) in [6, 6.07) is 13.3. The molecular formula is C26H36N2O3. The van der Waals surface area contributed by atoms with E-state index >= 15 is 0 Å². The number of rotatable bonds is 10. The molecule has 1 N–H and O–H groups in total. The molecule has 0 unspecified atom stereocenters. The second-order valence-corrected chi connectivity index (χ2v) is 8.30. The van der Waals surface area contributed by atoms with Crippen molar-refractivity contribution < 1.29 is 14.3 Å². The maximum absolute atomic E-state index is 13.3. The Labute approximate surface area is 186 Å². The smallest absolute Gasteiger partial charge is 0.261 e. The lowest BCUT2D eigenvalue weighted by molar-refractivity contribution is -0.143. The lowest BCUT2D eigenvalue weighted by atomic mass is 10.1. The Hall–Kier alpha value is -2.82. The zero-order chi connectivity index (χ0) is 23.0. The van der Waals surface area contributed by atoms with E-state index in [4.69, 9.17) is 4.74 Å². The summed E-state index contributed by atoms with van der Waals surface area (Å²) in [6.07, 6.45) is 1.37. The number of carbonyl (C=O) groups excluding carboxylic acids is 2. The van der Waals surface area contributed by atoms with Crippen LogP contribution in [0.15, 0.2) is 42.5 Å². The number of nitrogens with zero attached hydrogens (tertiary/aromatic N) is 1. The minimum atomic E-state index is -0.552. The van der Waals surface area contributed by atoms with Crippen molar-refractivity contribution in [2.75, 3.05) is 6.61 Å². The fraction of sp³-hybridized carbons (Fsp3) is 0.462. The van der Waals surface area contributed by atoms with Crippen molar-refractivity contribution in [2.45, 2.75) is 73.0 Å². The predicted octanol–water partition coefficient (Wildman–Crippen LogP) is 4.71. The summed E-state index contributed by atoms with van der Waals surface area (Å²) in [5.74, 6) is 0.345. The van der Waals surface area contributed by atoms with E-state index in [2.05, 4.69) is 11.4 Å². The molecule has 0 aliphatic rings. The van der Waals surface area contributed by atoms with Gasteiger partial charge in [-0.3, -0.25) is 9.59 Å². The van der Waals surface area contributed by atoms with Crippen molar-refractivity contribution in [3.05, 3.63) is 64.7 Å². The van der Waals surface area contributed by atoms with E-state index in [0.717, 1.165) is 28.7 Å². The second-order valence-electron chi connectivity index (χ2n) is 8.30. The molecule has 2 amide bonds. The molecule has 2 aromatic rings. The highest BCUT2D eigenvalue weighted by molar-refractivity contribution is 5.88. The van der Waals surface area contributed by atoms with Crippen molar-refractivity contribution >= 4 is 11.8 Å². The van der Waals surface area contributed by atoms with Gasteiger partial charge < -0.3 is 15.0 Å². The van der Waals surface area contributed by atoms with Crippen molar-refractivity contribution in [3.8, 4) is 5.75 Å². The summed E-state index contributed by atoms with van der Waals surface area (Å²) in [5, 5.41) is 3.03. The summed E-state index contributed by atoms with van der Waals surface area (Å²) in [6.45, 7) is 12.2. The highest BCUT2D eigenvalue weighted by atomic mass is 16.5. The molecule has 0 spiro atoms. The van der Waals surface area contributed by atoms with Crippen molar-refractivity contribution in [2.24, 2.45) is 0 Å². The fourth-order valence-corrected chi connectivity index (χ4v) is 3.58. The van der Waals surface area contributed by atoms with Gasteiger partial charge in [0.25, 0.3) is 5.91 Å². The van der Waals surface area contributed by atoms with E-state index in [-0.39, 0.29) is 24.5 Å². The first kappa shape index (κ1) is 24.4. The van der Waals surface area contributed by atoms with Gasteiger partial charge >= 0.3 is 0 Å². The van der Waals surface area contributed by atoms with E-state index in [1.165, 1.54) is 0 Å². The molecule has 0 heterocycles. The van der Waals surface area contributed by atoms with Gasteiger partial charge in [-0.15, -0.1) is 0 Å². The topological polar surface area (TPSA) is 58.6 Å². The Morgan fingerprint density at radius 1 is 1.00 bits per heavy atom. The standard InChI is InChI=1S/C26H36N2O3/c1-7-21(6)27-26(30)24(8-2)28(16-22-12-10-9-11-20(22)5)25(29)17-31-23-14-18(3)13-19(4)15-23/h9-15,21,24H,7-8,16-17H2,1-6H3,(H,27,30)/t21-,24-/m1/s1. The van der Waals surface area contributed by atoms with Gasteiger partial charge in [-0.2, -0.15) is 0 Å². The van der Waals surface area contributed by atoms with Gasteiger partial charge in [0.2, 0.25) is 5.91 Å². The summed E-state index contributed by atoms with van der Waals surface area (Å²) in [7, 11) is 0. The molecular weight excluding hydrogens is 388 g/mol. The largest absolute Gasteiger partial charge is 0.484 e. The molecule has 2 rings (SSSR count). The van der Waals surface area contributed by atoms with Crippen LogP contribution >= 0.6 is 0 Å². The number of ether oxygens (including phenoxy) is 1. The van der Waals surface area contributed by atoms with Crippen LogP contribution in [-0.2, 0) is 16.1 Å². The van der Waals surface area contributed by atoms with Gasteiger partial charge in [-0.1, -0.05) is 44.2 Å². The Kier molecular flexibility index (Phi) is 9.10. The molecule has 0 aromatic heterocycles. The molecule has 5 nitrogen and oxygen atoms in total. The molecule has 0 fully saturated rings. The third kappa shape index (κ3) is 7.12. The summed E-state index contributed by atoms with van der Waals surface area (Å²) in [4.78, 5) is 27.9. The molecule has 2 aromatic carbocycles. The molecule has 0 saturated heterocycles. The molecule has 0 saturated carbocycles. The molecule has 0 aliphatic heterocycles. The van der Waals surface area contributed by atoms with Crippen LogP contribution in [0.2, 0.25) is 0 Å². The Morgan fingerprint density at radius 3 is 2.23 bits per heavy atom. The number of nitrogens with one attached hydrogen (secondary N) is 1. The minimum Gasteiger partial charge on any atom is -0.484 e. The highest BCUT2D eigenvalue weighted by Gasteiger charge is 2.29. The van der Waals surface area contributed by atoms with E-state index in [1.807, 2.05) is 77.9 Å². The van der Waals surface area contributed by atoms with E-state index in [0.29, 0.717) is 18.7 Å². The summed E-state index contributed by atoms with van der Waals surface area (Å²) < 4.78 is 5.83. The van der Waals surface area contributed by atoms with Crippen molar-refractivity contribution in [1.29, 1.82) is 0 Å². The van der Waals surface area contributed by atoms with E-state index in [1.54, 1.807) is 4.90 Å². The van der Waals surface area contributed by atoms with Crippen molar-refractivity contribution in [1.82, 2.24) is 10.2 Å². The Balaban J connectivity index is 2.25. The van der Waals surface area contributed by atoms with Gasteiger partial charge in [-0.25, -0.2) is 0 Å². The van der Waals surface area contributed by atoms with E-state index in [9.17, 15) is 9.59 Å². The van der Waals surface area contributed by atoms with E-state index < -0.39 is 6.04 Å². The number of amides is 2. The Morgan fingerprint density at radius 2 is 1.65 bits per heavy atom. The lowest BCUT2D eigenvalue weighted by Crippen LogP contribution is -2.51. The Bertz CT molecular complexity index is 874. The zero-order valence-electron chi connectivity index (χ0n) is 19.7. The third-order valence-electron chi connectivity index (χ3n) is 5.55. The first-order valence-electron chi connectivity index (χ1n) is 11.1. The quantitative estimate of drug-likeness (QED) is 0.601. The van der Waals surface area contributed by atoms with Crippen molar-refractivity contribution in [3.63, 3.8) is 0 Å². The fourth-order valence-electron chi connectivity index (χ4n) is 3.58. The lowest BCUT2D eigenvalue weighted by Gasteiger charge is -2.31. The monoisotopic (exact) mass is 424 g/mol. The SMILES string of the molecule is CC[C@@H](C)NC(=O)[C@@H](CC)N(Cc1ccccc1C)C(=O)COc1cc(C)cc(C)c1. The van der Waals surface area contributed by atoms with Crippen LogP contribution in [-0.4, -0.2) is 35.4 Å². The van der Waals surface area contributed by atoms with Gasteiger partial charge in [0.05, 0.1) is 0 Å². The zero-order valence-corrected chi connectivity index (χ0v) is 19.7. The third-order valence-corrected chi connectivity index (χ3v) is 5.55. The van der Waals surface area contributed by atoms with Crippen LogP contribution < -0.4 is 10.1 Å². The maximum atomic E-state index is 13.3. The minimum absolute atomic E-state index is 0.0588. The van der Waals surface area contributed by atoms with Crippen LogP contribution in [0, 0.1) is 20.8 Å². The van der Waals surface area contributed by atoms with Gasteiger partial charge in [-0.05, 0) is 74.9 Å². The molecule has 0 radical (unpaired) electrons. The molecule has 2 atom stereocenters. The van der Waals surface area contributed by atoms with Gasteiger partial charge in [0, 0.05) is 12.6 Å². The predicted molar refractivity (Wildman–Crippen MR) is 125 cm³/mol. The average Bonchev–Trinajstić information content (AvgIpc) is 2.72. The number of aryl methyl sites for hydroxylation is 3. The molecule has 31 heavy (non-hydrogen) atoms. The number of hydrogen-bond donors (Lipinski definition) is 1. The summed E-state index contributed by atoms with van der Waals surface area (Å²) >= 11 is 0.